The molecule has 86 valence electrons. The molecule has 0 spiro atoms. The number of benzene rings is 1. The zero-order valence-electron chi connectivity index (χ0n) is 9.16. The van der Waals surface area contributed by atoms with Gasteiger partial charge in [0.15, 0.2) is 0 Å². The lowest BCUT2D eigenvalue weighted by atomic mass is 10.1. The molecule has 16 heavy (non-hydrogen) atoms. The van der Waals surface area contributed by atoms with Gasteiger partial charge in [-0.1, -0.05) is 34.1 Å². The third-order valence-electron chi connectivity index (χ3n) is 2.13. The third kappa shape index (κ3) is 3.79. The molecular weight excluding hydrogens is 268 g/mol. The first-order valence-electron chi connectivity index (χ1n) is 5.04. The van der Waals surface area contributed by atoms with Crippen LogP contribution in [0.4, 0.5) is 0 Å². The van der Waals surface area contributed by atoms with Crippen molar-refractivity contribution in [3.63, 3.8) is 0 Å². The molecule has 3 N–H and O–H groups in total. The second kappa shape index (κ2) is 6.45. The van der Waals surface area contributed by atoms with Crippen molar-refractivity contribution >= 4 is 21.8 Å². The Labute approximate surface area is 104 Å². The van der Waals surface area contributed by atoms with E-state index in [0.717, 1.165) is 10.0 Å². The molecule has 0 aliphatic carbocycles. The maximum atomic E-state index is 11.8. The van der Waals surface area contributed by atoms with Gasteiger partial charge in [-0.3, -0.25) is 4.79 Å². The van der Waals surface area contributed by atoms with E-state index in [0.29, 0.717) is 18.7 Å². The Bertz CT molecular complexity index is 402. The van der Waals surface area contributed by atoms with Gasteiger partial charge in [0.1, 0.15) is 0 Å². The molecule has 0 bridgehead atoms. The standard InChI is InChI=1S/C12H15BrN2O/c1-9-4-5-10(13)8-11(9)12(16)15-7-3-2-6-14/h2-5,8H,6-7,14H2,1H3,(H,15,16)/b3-2+. The summed E-state index contributed by atoms with van der Waals surface area (Å²) < 4.78 is 0.903. The van der Waals surface area contributed by atoms with E-state index in [1.54, 1.807) is 0 Å². The number of hydrogen-bond acceptors (Lipinski definition) is 2. The van der Waals surface area contributed by atoms with Crippen LogP contribution in [0.15, 0.2) is 34.8 Å². The molecule has 0 aliphatic heterocycles. The molecule has 1 aromatic carbocycles. The van der Waals surface area contributed by atoms with Gasteiger partial charge in [0.2, 0.25) is 0 Å². The van der Waals surface area contributed by atoms with Gasteiger partial charge in [0.05, 0.1) is 0 Å². The van der Waals surface area contributed by atoms with Gasteiger partial charge < -0.3 is 11.1 Å². The largest absolute Gasteiger partial charge is 0.349 e. The van der Waals surface area contributed by atoms with Crippen LogP contribution in [-0.4, -0.2) is 19.0 Å². The monoisotopic (exact) mass is 282 g/mol. The first-order valence-corrected chi connectivity index (χ1v) is 5.84. The second-order valence-electron chi connectivity index (χ2n) is 3.38. The van der Waals surface area contributed by atoms with Crippen LogP contribution in [-0.2, 0) is 0 Å². The highest BCUT2D eigenvalue weighted by molar-refractivity contribution is 9.10. The number of hydrogen-bond donors (Lipinski definition) is 2. The maximum Gasteiger partial charge on any atom is 0.251 e. The van der Waals surface area contributed by atoms with Gasteiger partial charge in [-0.25, -0.2) is 0 Å². The second-order valence-corrected chi connectivity index (χ2v) is 4.29. The number of amides is 1. The average Bonchev–Trinajstić information content (AvgIpc) is 2.27. The fourth-order valence-electron chi connectivity index (χ4n) is 1.27. The van der Waals surface area contributed by atoms with Crippen molar-refractivity contribution < 1.29 is 4.79 Å². The first-order chi connectivity index (χ1) is 7.65. The molecule has 0 atom stereocenters. The van der Waals surface area contributed by atoms with Crippen molar-refractivity contribution in [2.45, 2.75) is 6.92 Å². The Hall–Kier alpha value is -1.13. The van der Waals surface area contributed by atoms with Gasteiger partial charge in [0.25, 0.3) is 5.91 Å². The Morgan fingerprint density at radius 3 is 2.94 bits per heavy atom. The zero-order valence-corrected chi connectivity index (χ0v) is 10.8. The van der Waals surface area contributed by atoms with Crippen molar-refractivity contribution in [2.24, 2.45) is 5.73 Å². The van der Waals surface area contributed by atoms with Crippen LogP contribution in [0.1, 0.15) is 15.9 Å². The van der Waals surface area contributed by atoms with Crippen LogP contribution in [0.5, 0.6) is 0 Å². The Kier molecular flexibility index (Phi) is 5.22. The number of nitrogens with one attached hydrogen (secondary N) is 1. The van der Waals surface area contributed by atoms with E-state index in [1.165, 1.54) is 0 Å². The highest BCUT2D eigenvalue weighted by Crippen LogP contribution is 2.15. The number of aryl methyl sites for hydroxylation is 1. The van der Waals surface area contributed by atoms with E-state index in [2.05, 4.69) is 21.2 Å². The summed E-state index contributed by atoms with van der Waals surface area (Å²) >= 11 is 3.35. The van der Waals surface area contributed by atoms with E-state index >= 15 is 0 Å². The maximum absolute atomic E-state index is 11.8. The van der Waals surface area contributed by atoms with Crippen LogP contribution in [0.3, 0.4) is 0 Å². The molecule has 0 unspecified atom stereocenters. The van der Waals surface area contributed by atoms with Crippen molar-refractivity contribution in [1.82, 2.24) is 5.32 Å². The summed E-state index contributed by atoms with van der Waals surface area (Å²) in [5.41, 5.74) is 6.95. The van der Waals surface area contributed by atoms with Gasteiger partial charge >= 0.3 is 0 Å². The molecule has 0 saturated carbocycles. The van der Waals surface area contributed by atoms with E-state index in [-0.39, 0.29) is 5.91 Å². The van der Waals surface area contributed by atoms with Crippen LogP contribution in [0.25, 0.3) is 0 Å². The van der Waals surface area contributed by atoms with E-state index in [9.17, 15) is 4.79 Å². The lowest BCUT2D eigenvalue weighted by molar-refractivity contribution is 0.0957. The minimum absolute atomic E-state index is 0.0690. The summed E-state index contributed by atoms with van der Waals surface area (Å²) in [6.45, 7) is 2.91. The number of nitrogens with two attached hydrogens (primary N) is 1. The molecule has 1 amide bonds. The molecule has 0 radical (unpaired) electrons. The van der Waals surface area contributed by atoms with Crippen molar-refractivity contribution in [1.29, 1.82) is 0 Å². The van der Waals surface area contributed by atoms with Crippen LogP contribution >= 0.6 is 15.9 Å². The van der Waals surface area contributed by atoms with E-state index < -0.39 is 0 Å². The molecule has 0 fully saturated rings. The van der Waals surface area contributed by atoms with Gasteiger partial charge in [0, 0.05) is 23.1 Å². The molecule has 0 saturated heterocycles. The molecule has 3 nitrogen and oxygen atoms in total. The molecule has 4 heteroatoms. The molecular formula is C12H15BrN2O. The number of halogens is 1. The number of rotatable bonds is 4. The molecule has 1 aromatic rings. The fraction of sp³-hybridized carbons (Fsp3) is 0.250. The van der Waals surface area contributed by atoms with E-state index in [4.69, 9.17) is 5.73 Å². The minimum Gasteiger partial charge on any atom is -0.349 e. The third-order valence-corrected chi connectivity index (χ3v) is 2.62. The smallest absolute Gasteiger partial charge is 0.251 e. The molecule has 0 aliphatic rings. The van der Waals surface area contributed by atoms with Gasteiger partial charge in [-0.2, -0.15) is 0 Å². The summed E-state index contributed by atoms with van der Waals surface area (Å²) in [6, 6.07) is 5.65. The van der Waals surface area contributed by atoms with Gasteiger partial charge in [-0.05, 0) is 24.6 Å². The van der Waals surface area contributed by atoms with Crippen LogP contribution in [0, 0.1) is 6.92 Å². The van der Waals surface area contributed by atoms with Crippen molar-refractivity contribution in [2.75, 3.05) is 13.1 Å². The lowest BCUT2D eigenvalue weighted by Gasteiger charge is -2.06. The first kappa shape index (κ1) is 12.9. The highest BCUT2D eigenvalue weighted by atomic mass is 79.9. The number of carbonyl (C=O) groups excluding carboxylic acids is 1. The quantitative estimate of drug-likeness (QED) is 0.830. The number of carbonyl (C=O) groups is 1. The lowest BCUT2D eigenvalue weighted by Crippen LogP contribution is -2.24. The highest BCUT2D eigenvalue weighted by Gasteiger charge is 2.07. The van der Waals surface area contributed by atoms with Crippen LogP contribution in [0.2, 0.25) is 0 Å². The Balaban J connectivity index is 2.65. The average molecular weight is 283 g/mol. The zero-order chi connectivity index (χ0) is 12.0. The predicted molar refractivity (Wildman–Crippen MR) is 69.4 cm³/mol. The van der Waals surface area contributed by atoms with Gasteiger partial charge in [-0.15, -0.1) is 0 Å². The Morgan fingerprint density at radius 2 is 2.25 bits per heavy atom. The Morgan fingerprint density at radius 1 is 1.50 bits per heavy atom. The summed E-state index contributed by atoms with van der Waals surface area (Å²) in [5.74, 6) is -0.0690. The van der Waals surface area contributed by atoms with Crippen LogP contribution < -0.4 is 11.1 Å². The molecule has 0 heterocycles. The summed E-state index contributed by atoms with van der Waals surface area (Å²) in [4.78, 5) is 11.8. The molecule has 1 rings (SSSR count). The summed E-state index contributed by atoms with van der Waals surface area (Å²) in [6.07, 6.45) is 3.65. The summed E-state index contributed by atoms with van der Waals surface area (Å²) in [7, 11) is 0. The van der Waals surface area contributed by atoms with Crippen molar-refractivity contribution in [3.8, 4) is 0 Å². The summed E-state index contributed by atoms with van der Waals surface area (Å²) in [5, 5.41) is 2.80. The van der Waals surface area contributed by atoms with Crippen molar-refractivity contribution in [3.05, 3.63) is 46.0 Å². The van der Waals surface area contributed by atoms with E-state index in [1.807, 2.05) is 37.3 Å². The topological polar surface area (TPSA) is 55.1 Å². The fourth-order valence-corrected chi connectivity index (χ4v) is 1.63. The molecule has 0 aromatic heterocycles. The predicted octanol–water partition coefficient (Wildman–Crippen LogP) is 2.00. The minimum atomic E-state index is -0.0690. The SMILES string of the molecule is Cc1ccc(Br)cc1C(=O)NC/C=C/CN. The normalized spacial score (nSPS) is 10.7.